The normalized spacial score (nSPS) is 10.9. The number of hydrogen-bond acceptors (Lipinski definition) is 4. The number of ether oxygens (including phenoxy) is 1. The first-order valence-electron chi connectivity index (χ1n) is 7.05. The van der Waals surface area contributed by atoms with Crippen LogP contribution >= 0.6 is 11.6 Å². The van der Waals surface area contributed by atoms with Gasteiger partial charge in [0.2, 0.25) is 0 Å². The number of carbonyl (C=O) groups excluding carboxylic acids is 2. The maximum atomic E-state index is 12.2. The van der Waals surface area contributed by atoms with E-state index < -0.39 is 6.09 Å². The van der Waals surface area contributed by atoms with E-state index in [9.17, 15) is 9.59 Å². The van der Waals surface area contributed by atoms with Gasteiger partial charge in [0.15, 0.2) is 0 Å². The smallest absolute Gasteiger partial charge is 0.427 e. The molecule has 6 nitrogen and oxygen atoms in total. The number of hydrazone groups is 1. The first kappa shape index (κ1) is 17.5. The van der Waals surface area contributed by atoms with Crippen LogP contribution < -0.4 is 10.7 Å². The maximum Gasteiger partial charge on any atom is 0.427 e. The second kappa shape index (κ2) is 8.12. The van der Waals surface area contributed by atoms with Crippen molar-refractivity contribution < 1.29 is 14.3 Å². The van der Waals surface area contributed by atoms with E-state index in [2.05, 4.69) is 20.6 Å². The lowest BCUT2D eigenvalue weighted by atomic mass is 10.1. The van der Waals surface area contributed by atoms with Crippen LogP contribution in [0.1, 0.15) is 22.8 Å². The number of nitrogens with zero attached hydrogens (tertiary/aromatic N) is 1. The van der Waals surface area contributed by atoms with Crippen LogP contribution in [0.2, 0.25) is 5.02 Å². The largest absolute Gasteiger partial charge is 0.452 e. The third kappa shape index (κ3) is 4.82. The second-order valence-corrected chi connectivity index (χ2v) is 5.28. The highest BCUT2D eigenvalue weighted by molar-refractivity contribution is 6.30. The third-order valence-electron chi connectivity index (χ3n) is 3.14. The van der Waals surface area contributed by atoms with E-state index in [1.54, 1.807) is 49.4 Å². The molecule has 0 unspecified atom stereocenters. The average molecular weight is 346 g/mol. The van der Waals surface area contributed by atoms with Crippen LogP contribution in [0.4, 0.5) is 10.5 Å². The van der Waals surface area contributed by atoms with Crippen molar-refractivity contribution in [3.8, 4) is 0 Å². The Balaban J connectivity index is 2.11. The van der Waals surface area contributed by atoms with E-state index in [0.717, 1.165) is 5.56 Å². The average Bonchev–Trinajstić information content (AvgIpc) is 2.60. The molecule has 7 heteroatoms. The fourth-order valence-electron chi connectivity index (χ4n) is 1.87. The quantitative estimate of drug-likeness (QED) is 0.655. The lowest BCUT2D eigenvalue weighted by Crippen LogP contribution is -2.18. The van der Waals surface area contributed by atoms with Crippen molar-refractivity contribution in [2.45, 2.75) is 6.92 Å². The van der Waals surface area contributed by atoms with Crippen LogP contribution in [0, 0.1) is 0 Å². The summed E-state index contributed by atoms with van der Waals surface area (Å²) in [5.41, 5.74) is 4.68. The number of rotatable bonds is 4. The molecule has 0 spiro atoms. The highest BCUT2D eigenvalue weighted by Crippen LogP contribution is 2.15. The van der Waals surface area contributed by atoms with Crippen molar-refractivity contribution in [1.82, 2.24) is 5.43 Å². The number of halogens is 1. The number of amides is 2. The Morgan fingerprint density at radius 3 is 2.46 bits per heavy atom. The van der Waals surface area contributed by atoms with Gasteiger partial charge in [0.05, 0.1) is 12.8 Å². The van der Waals surface area contributed by atoms with Crippen LogP contribution in [0.5, 0.6) is 0 Å². The molecule has 2 amide bonds. The van der Waals surface area contributed by atoms with Crippen molar-refractivity contribution in [2.24, 2.45) is 5.10 Å². The highest BCUT2D eigenvalue weighted by atomic mass is 35.5. The maximum absolute atomic E-state index is 12.2. The lowest BCUT2D eigenvalue weighted by Gasteiger charge is -2.08. The van der Waals surface area contributed by atoms with E-state index in [4.69, 9.17) is 11.6 Å². The van der Waals surface area contributed by atoms with Crippen molar-refractivity contribution >= 4 is 35.0 Å². The molecule has 24 heavy (non-hydrogen) atoms. The molecular formula is C17H16ClN3O3. The van der Waals surface area contributed by atoms with E-state index in [1.807, 2.05) is 6.07 Å². The number of anilines is 1. The Morgan fingerprint density at radius 1 is 1.08 bits per heavy atom. The van der Waals surface area contributed by atoms with Crippen LogP contribution in [-0.4, -0.2) is 24.8 Å². The van der Waals surface area contributed by atoms with Gasteiger partial charge in [-0.15, -0.1) is 0 Å². The molecule has 0 atom stereocenters. The molecule has 2 aromatic rings. The summed E-state index contributed by atoms with van der Waals surface area (Å²) in [6.07, 6.45) is -0.651. The van der Waals surface area contributed by atoms with E-state index >= 15 is 0 Å². The summed E-state index contributed by atoms with van der Waals surface area (Å²) in [5, 5.41) is 7.29. The van der Waals surface area contributed by atoms with Gasteiger partial charge < -0.3 is 10.1 Å². The minimum absolute atomic E-state index is 0.244. The second-order valence-electron chi connectivity index (χ2n) is 4.84. The summed E-state index contributed by atoms with van der Waals surface area (Å²) in [5.74, 6) is -0.244. The predicted octanol–water partition coefficient (Wildman–Crippen LogP) is 3.67. The Kier molecular flexibility index (Phi) is 5.92. The number of carbonyl (C=O) groups is 2. The van der Waals surface area contributed by atoms with Gasteiger partial charge in [-0.2, -0.15) is 5.10 Å². The molecule has 0 radical (unpaired) electrons. The number of hydrogen-bond donors (Lipinski definition) is 2. The van der Waals surface area contributed by atoms with Gasteiger partial charge in [0.1, 0.15) is 0 Å². The van der Waals surface area contributed by atoms with Crippen LogP contribution in [0.25, 0.3) is 0 Å². The van der Waals surface area contributed by atoms with Gasteiger partial charge in [-0.1, -0.05) is 23.7 Å². The molecule has 0 aliphatic rings. The number of methoxy groups -OCH3 is 1. The van der Waals surface area contributed by atoms with Crippen molar-refractivity contribution in [1.29, 1.82) is 0 Å². The topological polar surface area (TPSA) is 79.8 Å². The van der Waals surface area contributed by atoms with Crippen molar-refractivity contribution in [2.75, 3.05) is 12.4 Å². The zero-order valence-corrected chi connectivity index (χ0v) is 13.9. The van der Waals surface area contributed by atoms with Gasteiger partial charge in [0, 0.05) is 16.3 Å². The minimum Gasteiger partial charge on any atom is -0.452 e. The Morgan fingerprint density at radius 2 is 1.79 bits per heavy atom. The fourth-order valence-corrected chi connectivity index (χ4v) is 1.99. The molecule has 124 valence electrons. The predicted molar refractivity (Wildman–Crippen MR) is 93.6 cm³/mol. The van der Waals surface area contributed by atoms with E-state index in [0.29, 0.717) is 22.0 Å². The Bertz CT molecular complexity index is 773. The molecule has 0 aliphatic heterocycles. The monoisotopic (exact) mass is 345 g/mol. The summed E-state index contributed by atoms with van der Waals surface area (Å²) in [4.78, 5) is 23.2. The van der Waals surface area contributed by atoms with Gasteiger partial charge in [0.25, 0.3) is 5.91 Å². The molecule has 0 heterocycles. The Hall–Kier alpha value is -2.86. The first-order valence-corrected chi connectivity index (χ1v) is 7.43. The molecule has 0 bridgehead atoms. The highest BCUT2D eigenvalue weighted by Gasteiger charge is 2.07. The molecule has 0 aliphatic carbocycles. The van der Waals surface area contributed by atoms with Gasteiger partial charge in [-0.25, -0.2) is 10.2 Å². The number of nitrogens with one attached hydrogen (secondary N) is 2. The molecule has 0 saturated heterocycles. The number of benzene rings is 2. The molecule has 0 aromatic heterocycles. The van der Waals surface area contributed by atoms with Crippen LogP contribution in [0.3, 0.4) is 0 Å². The molecule has 0 fully saturated rings. The van der Waals surface area contributed by atoms with Crippen LogP contribution in [-0.2, 0) is 4.74 Å². The summed E-state index contributed by atoms with van der Waals surface area (Å²) >= 11 is 5.81. The molecule has 2 rings (SSSR count). The minimum atomic E-state index is -0.651. The summed E-state index contributed by atoms with van der Waals surface area (Å²) in [6, 6.07) is 13.7. The summed E-state index contributed by atoms with van der Waals surface area (Å²) in [7, 11) is 1.26. The molecular weight excluding hydrogens is 330 g/mol. The fraction of sp³-hybridized carbons (Fsp3) is 0.118. The van der Waals surface area contributed by atoms with Crippen molar-refractivity contribution in [3.63, 3.8) is 0 Å². The molecule has 0 saturated carbocycles. The zero-order chi connectivity index (χ0) is 17.5. The third-order valence-corrected chi connectivity index (χ3v) is 3.40. The van der Waals surface area contributed by atoms with Gasteiger partial charge in [-0.3, -0.25) is 4.79 Å². The van der Waals surface area contributed by atoms with Crippen LogP contribution in [0.15, 0.2) is 53.6 Å². The molecule has 2 aromatic carbocycles. The van der Waals surface area contributed by atoms with Crippen molar-refractivity contribution in [3.05, 3.63) is 64.7 Å². The SMILES string of the molecule is COC(=O)N/N=C(/C)c1cccc(NC(=O)c2ccc(Cl)cc2)c1. The van der Waals surface area contributed by atoms with E-state index in [-0.39, 0.29) is 5.91 Å². The van der Waals surface area contributed by atoms with Gasteiger partial charge >= 0.3 is 6.09 Å². The Labute approximate surface area is 144 Å². The van der Waals surface area contributed by atoms with E-state index in [1.165, 1.54) is 7.11 Å². The summed E-state index contributed by atoms with van der Waals surface area (Å²) < 4.78 is 4.45. The summed E-state index contributed by atoms with van der Waals surface area (Å²) in [6.45, 7) is 1.73. The van der Waals surface area contributed by atoms with Gasteiger partial charge in [-0.05, 0) is 48.9 Å². The molecule has 2 N–H and O–H groups in total. The first-order chi connectivity index (χ1) is 11.5. The standard InChI is InChI=1S/C17H16ClN3O3/c1-11(20-21-17(23)24-2)13-4-3-5-15(10-13)19-16(22)12-6-8-14(18)9-7-12/h3-10H,1-2H3,(H,19,22)(H,21,23)/b20-11-. The lowest BCUT2D eigenvalue weighted by molar-refractivity contribution is 0.102. The zero-order valence-electron chi connectivity index (χ0n) is 13.2.